The first kappa shape index (κ1) is 23.6. The summed E-state index contributed by atoms with van der Waals surface area (Å²) in [5.74, 6) is 0.760. The van der Waals surface area contributed by atoms with Gasteiger partial charge in [-0.3, -0.25) is 18.9 Å². The molecule has 7 nitrogen and oxygen atoms in total. The second kappa shape index (κ2) is 9.83. The molecule has 0 saturated carbocycles. The number of benzene rings is 1. The van der Waals surface area contributed by atoms with E-state index in [-0.39, 0.29) is 11.5 Å². The van der Waals surface area contributed by atoms with E-state index < -0.39 is 0 Å². The van der Waals surface area contributed by atoms with Crippen LogP contribution in [0.3, 0.4) is 0 Å². The molecule has 0 aliphatic carbocycles. The maximum Gasteiger partial charge on any atom is 0.267 e. The number of para-hydroxylation sites is 1. The number of hydrogen-bond acceptors (Lipinski definition) is 7. The molecule has 0 spiro atoms. The van der Waals surface area contributed by atoms with Gasteiger partial charge in [0.2, 0.25) is 0 Å². The van der Waals surface area contributed by atoms with Crippen molar-refractivity contribution in [2.75, 3.05) is 42.5 Å². The smallest absolute Gasteiger partial charge is 0.267 e. The normalized spacial score (nSPS) is 17.9. The Hall–Kier alpha value is -3.17. The number of nitrogens with zero attached hydrogens (tertiary/aromatic N) is 5. The van der Waals surface area contributed by atoms with E-state index in [1.165, 1.54) is 21.8 Å². The maximum absolute atomic E-state index is 13.6. The van der Waals surface area contributed by atoms with Crippen LogP contribution in [0.15, 0.2) is 64.4 Å². The summed E-state index contributed by atoms with van der Waals surface area (Å²) in [6.45, 7) is 7.74. The van der Waals surface area contributed by atoms with Gasteiger partial charge >= 0.3 is 0 Å². The molecule has 2 saturated heterocycles. The molecule has 0 N–H and O–H groups in total. The van der Waals surface area contributed by atoms with Crippen molar-refractivity contribution in [3.05, 3.63) is 75.6 Å². The number of piperazine rings is 1. The zero-order valence-corrected chi connectivity index (χ0v) is 21.4. The minimum Gasteiger partial charge on any atom is -0.368 e. The van der Waals surface area contributed by atoms with Gasteiger partial charge in [-0.15, -0.1) is 0 Å². The quantitative estimate of drug-likeness (QED) is 0.385. The number of thiocarbonyl (C=S) groups is 1. The van der Waals surface area contributed by atoms with Crippen molar-refractivity contribution in [3.63, 3.8) is 0 Å². The standard InChI is InChI=1S/C26H27N5O2S2/c1-18(2)17-31-25(33)21(35-26(31)34)16-20-23(27-22-10-6-7-11-30(22)24(20)32)29-14-12-28(13-15-29)19-8-4-3-5-9-19/h3-11,16,18H,12-15,17H2,1-2H3/b21-16-. The van der Waals surface area contributed by atoms with Gasteiger partial charge in [-0.05, 0) is 36.3 Å². The van der Waals surface area contributed by atoms with E-state index >= 15 is 0 Å². The summed E-state index contributed by atoms with van der Waals surface area (Å²) >= 11 is 6.72. The summed E-state index contributed by atoms with van der Waals surface area (Å²) in [4.78, 5) is 38.1. The molecule has 180 valence electrons. The molecule has 1 amide bonds. The van der Waals surface area contributed by atoms with Gasteiger partial charge in [0, 0.05) is 44.6 Å². The molecule has 0 radical (unpaired) electrons. The summed E-state index contributed by atoms with van der Waals surface area (Å²) < 4.78 is 2.06. The molecule has 2 aliphatic heterocycles. The van der Waals surface area contributed by atoms with Crippen LogP contribution < -0.4 is 15.4 Å². The first-order valence-electron chi connectivity index (χ1n) is 11.7. The summed E-state index contributed by atoms with van der Waals surface area (Å²) in [5, 5.41) is 0. The molecule has 3 aromatic rings. The largest absolute Gasteiger partial charge is 0.368 e. The highest BCUT2D eigenvalue weighted by Crippen LogP contribution is 2.34. The Morgan fingerprint density at radius 2 is 1.69 bits per heavy atom. The van der Waals surface area contributed by atoms with Gasteiger partial charge < -0.3 is 9.80 Å². The molecule has 9 heteroatoms. The maximum atomic E-state index is 13.6. The van der Waals surface area contributed by atoms with Crippen molar-refractivity contribution in [1.82, 2.24) is 14.3 Å². The number of fused-ring (bicyclic) bond motifs is 1. The fourth-order valence-corrected chi connectivity index (χ4v) is 5.68. The minimum atomic E-state index is -0.190. The molecule has 0 atom stereocenters. The van der Waals surface area contributed by atoms with Gasteiger partial charge in [-0.1, -0.05) is 62.1 Å². The fourth-order valence-electron chi connectivity index (χ4n) is 4.43. The van der Waals surface area contributed by atoms with Crippen LogP contribution in [0.5, 0.6) is 0 Å². The van der Waals surface area contributed by atoms with Gasteiger partial charge in [-0.2, -0.15) is 0 Å². The SMILES string of the molecule is CC(C)CN1C(=O)/C(=C/c2c(N3CCN(c4ccccc4)CC3)nc3ccccn3c2=O)SC1=S. The number of aromatic nitrogens is 2. The average Bonchev–Trinajstić information content (AvgIpc) is 3.13. The van der Waals surface area contributed by atoms with Crippen LogP contribution >= 0.6 is 24.0 Å². The summed E-state index contributed by atoms with van der Waals surface area (Å²) in [6.07, 6.45) is 3.40. The average molecular weight is 506 g/mol. The molecule has 35 heavy (non-hydrogen) atoms. The number of carbonyl (C=O) groups excluding carboxylic acids is 1. The second-order valence-electron chi connectivity index (χ2n) is 9.08. The van der Waals surface area contributed by atoms with Crippen LogP contribution in [0, 0.1) is 5.92 Å². The van der Waals surface area contributed by atoms with Crippen LogP contribution in [0.4, 0.5) is 11.5 Å². The van der Waals surface area contributed by atoms with Crippen LogP contribution in [-0.4, -0.2) is 57.2 Å². The van der Waals surface area contributed by atoms with Crippen molar-refractivity contribution in [2.24, 2.45) is 5.92 Å². The van der Waals surface area contributed by atoms with Crippen LogP contribution in [-0.2, 0) is 4.79 Å². The van der Waals surface area contributed by atoms with Gasteiger partial charge in [0.15, 0.2) is 0 Å². The highest BCUT2D eigenvalue weighted by atomic mass is 32.2. The Labute approximate surface area is 214 Å². The van der Waals surface area contributed by atoms with Crippen molar-refractivity contribution in [2.45, 2.75) is 13.8 Å². The molecule has 2 aromatic heterocycles. The Bertz CT molecular complexity index is 1360. The van der Waals surface area contributed by atoms with Crippen molar-refractivity contribution < 1.29 is 4.79 Å². The van der Waals surface area contributed by atoms with Crippen molar-refractivity contribution in [1.29, 1.82) is 0 Å². The zero-order valence-electron chi connectivity index (χ0n) is 19.8. The Morgan fingerprint density at radius 1 is 1.00 bits per heavy atom. The summed E-state index contributed by atoms with van der Waals surface area (Å²) in [5.41, 5.74) is 2.01. The minimum absolute atomic E-state index is 0.147. The highest BCUT2D eigenvalue weighted by Gasteiger charge is 2.33. The third-order valence-corrected chi connectivity index (χ3v) is 7.52. The number of thioether (sulfide) groups is 1. The molecule has 0 unspecified atom stereocenters. The van der Waals surface area contributed by atoms with Crippen LogP contribution in [0.2, 0.25) is 0 Å². The lowest BCUT2D eigenvalue weighted by molar-refractivity contribution is -0.122. The van der Waals surface area contributed by atoms with E-state index in [1.54, 1.807) is 23.2 Å². The van der Waals surface area contributed by atoms with E-state index in [9.17, 15) is 9.59 Å². The van der Waals surface area contributed by atoms with Crippen LogP contribution in [0.25, 0.3) is 11.7 Å². The molecular weight excluding hydrogens is 478 g/mol. The number of anilines is 2. The zero-order chi connectivity index (χ0) is 24.5. The number of carbonyl (C=O) groups is 1. The predicted molar refractivity (Wildman–Crippen MR) is 147 cm³/mol. The van der Waals surface area contributed by atoms with Gasteiger partial charge in [0.25, 0.3) is 11.5 Å². The van der Waals surface area contributed by atoms with Crippen molar-refractivity contribution in [3.8, 4) is 0 Å². The molecular formula is C26H27N5O2S2. The van der Waals surface area contributed by atoms with Gasteiger partial charge in [-0.25, -0.2) is 4.98 Å². The monoisotopic (exact) mass is 505 g/mol. The van der Waals surface area contributed by atoms with Crippen molar-refractivity contribution >= 4 is 57.4 Å². The third-order valence-electron chi connectivity index (χ3n) is 6.15. The molecule has 1 aromatic carbocycles. The lowest BCUT2D eigenvalue weighted by Gasteiger charge is -2.37. The lowest BCUT2D eigenvalue weighted by atomic mass is 10.2. The summed E-state index contributed by atoms with van der Waals surface area (Å²) in [6, 6.07) is 15.8. The molecule has 4 heterocycles. The number of hydrogen-bond donors (Lipinski definition) is 0. The Kier molecular flexibility index (Phi) is 6.62. The first-order chi connectivity index (χ1) is 16.9. The van der Waals surface area contributed by atoms with E-state index in [2.05, 4.69) is 35.8 Å². The molecule has 2 fully saturated rings. The van der Waals surface area contributed by atoms with Gasteiger partial charge in [0.05, 0.1) is 10.5 Å². The number of rotatable bonds is 5. The fraction of sp³-hybridized carbons (Fsp3) is 0.308. The molecule has 5 rings (SSSR count). The molecule has 0 bridgehead atoms. The predicted octanol–water partition coefficient (Wildman–Crippen LogP) is 3.88. The van der Waals surface area contributed by atoms with Gasteiger partial charge in [0.1, 0.15) is 15.8 Å². The second-order valence-corrected chi connectivity index (χ2v) is 10.8. The summed E-state index contributed by atoms with van der Waals surface area (Å²) in [7, 11) is 0. The molecule has 2 aliphatic rings. The third kappa shape index (κ3) is 4.70. The first-order valence-corrected chi connectivity index (χ1v) is 13.0. The van der Waals surface area contributed by atoms with E-state index in [4.69, 9.17) is 17.2 Å². The highest BCUT2D eigenvalue weighted by molar-refractivity contribution is 8.26. The Balaban J connectivity index is 1.51. The van der Waals surface area contributed by atoms with E-state index in [0.29, 0.717) is 38.7 Å². The Morgan fingerprint density at radius 3 is 2.40 bits per heavy atom. The van der Waals surface area contributed by atoms with E-state index in [1.807, 2.05) is 30.3 Å². The number of amides is 1. The number of pyridine rings is 1. The topological polar surface area (TPSA) is 61.2 Å². The van der Waals surface area contributed by atoms with Crippen LogP contribution in [0.1, 0.15) is 19.4 Å². The lowest BCUT2D eigenvalue weighted by Crippen LogP contribution is -2.47. The van der Waals surface area contributed by atoms with E-state index in [0.717, 1.165) is 26.2 Å².